The van der Waals surface area contributed by atoms with Crippen LogP contribution in [0, 0.1) is 6.92 Å². The Morgan fingerprint density at radius 2 is 1.96 bits per heavy atom. The molecule has 0 fully saturated rings. The van der Waals surface area contributed by atoms with E-state index in [9.17, 15) is 9.90 Å². The van der Waals surface area contributed by atoms with E-state index < -0.39 is 0 Å². The molecule has 0 aliphatic carbocycles. The molecule has 1 aliphatic heterocycles. The number of rotatable bonds is 3. The van der Waals surface area contributed by atoms with Crippen LogP contribution in [0.3, 0.4) is 0 Å². The van der Waals surface area contributed by atoms with Gasteiger partial charge in [0.05, 0.1) is 18.7 Å². The molecule has 0 saturated heterocycles. The normalized spacial score (nSPS) is 13.6. The quantitative estimate of drug-likeness (QED) is 0.769. The Hall–Kier alpha value is -3.05. The standard InChI is InChI=1S/C22H21NO4/c1-15-11-19(21(27-15)17-5-3-2-4-6-17)22(25)23-9-10-26-20-8-7-16(14-24)12-18(20)13-23/h2-8,11-12,24H,9-10,13-14H2,1H3. The molecule has 1 N–H and O–H groups in total. The van der Waals surface area contributed by atoms with Crippen molar-refractivity contribution in [3.63, 3.8) is 0 Å². The van der Waals surface area contributed by atoms with Crippen LogP contribution in [-0.2, 0) is 13.2 Å². The zero-order valence-corrected chi connectivity index (χ0v) is 15.1. The van der Waals surface area contributed by atoms with Gasteiger partial charge in [0.15, 0.2) is 0 Å². The lowest BCUT2D eigenvalue weighted by Gasteiger charge is -2.20. The number of fused-ring (bicyclic) bond motifs is 1. The van der Waals surface area contributed by atoms with Gasteiger partial charge in [-0.1, -0.05) is 36.4 Å². The highest BCUT2D eigenvalue weighted by molar-refractivity contribution is 6.00. The Balaban J connectivity index is 1.67. The topological polar surface area (TPSA) is 62.9 Å². The summed E-state index contributed by atoms with van der Waals surface area (Å²) in [6.07, 6.45) is 0. The van der Waals surface area contributed by atoms with Crippen molar-refractivity contribution in [2.45, 2.75) is 20.1 Å². The minimum absolute atomic E-state index is 0.0414. The fraction of sp³-hybridized carbons (Fsp3) is 0.227. The Morgan fingerprint density at radius 1 is 1.15 bits per heavy atom. The summed E-state index contributed by atoms with van der Waals surface area (Å²) >= 11 is 0. The zero-order chi connectivity index (χ0) is 18.8. The maximum absolute atomic E-state index is 13.3. The van der Waals surface area contributed by atoms with Gasteiger partial charge in [-0.2, -0.15) is 0 Å². The summed E-state index contributed by atoms with van der Waals surface area (Å²) in [7, 11) is 0. The van der Waals surface area contributed by atoms with Crippen molar-refractivity contribution in [1.82, 2.24) is 4.90 Å². The zero-order valence-electron chi connectivity index (χ0n) is 15.1. The van der Waals surface area contributed by atoms with Crippen molar-refractivity contribution >= 4 is 5.91 Å². The first kappa shape index (κ1) is 17.4. The van der Waals surface area contributed by atoms with Crippen LogP contribution in [-0.4, -0.2) is 29.1 Å². The number of ether oxygens (including phenoxy) is 1. The van der Waals surface area contributed by atoms with Crippen molar-refractivity contribution in [2.24, 2.45) is 0 Å². The molecule has 0 saturated carbocycles. The Labute approximate surface area is 157 Å². The van der Waals surface area contributed by atoms with Crippen molar-refractivity contribution in [3.05, 3.63) is 77.0 Å². The van der Waals surface area contributed by atoms with E-state index in [1.807, 2.05) is 55.5 Å². The van der Waals surface area contributed by atoms with Crippen molar-refractivity contribution in [1.29, 1.82) is 0 Å². The monoisotopic (exact) mass is 363 g/mol. The minimum atomic E-state index is -0.0865. The molecule has 138 valence electrons. The van der Waals surface area contributed by atoms with Crippen LogP contribution < -0.4 is 4.74 Å². The molecule has 0 spiro atoms. The van der Waals surface area contributed by atoms with Crippen LogP contribution in [0.5, 0.6) is 5.75 Å². The number of aryl methyl sites for hydroxylation is 1. The number of carbonyl (C=O) groups is 1. The van der Waals surface area contributed by atoms with Crippen molar-refractivity contribution in [2.75, 3.05) is 13.2 Å². The van der Waals surface area contributed by atoms with Gasteiger partial charge in [-0.05, 0) is 30.7 Å². The molecule has 4 rings (SSSR count). The summed E-state index contributed by atoms with van der Waals surface area (Å²) in [6, 6.07) is 17.0. The second-order valence-electron chi connectivity index (χ2n) is 6.64. The second kappa shape index (κ2) is 7.29. The van der Waals surface area contributed by atoms with Crippen LogP contribution in [0.1, 0.15) is 27.2 Å². The molecule has 5 heteroatoms. The molecule has 27 heavy (non-hydrogen) atoms. The third-order valence-corrected chi connectivity index (χ3v) is 4.70. The van der Waals surface area contributed by atoms with E-state index in [1.165, 1.54) is 0 Å². The van der Waals surface area contributed by atoms with E-state index in [0.29, 0.717) is 36.8 Å². The van der Waals surface area contributed by atoms with Gasteiger partial charge in [0, 0.05) is 17.7 Å². The maximum Gasteiger partial charge on any atom is 0.258 e. The average Bonchev–Trinajstić information content (AvgIpc) is 2.96. The van der Waals surface area contributed by atoms with Gasteiger partial charge < -0.3 is 19.2 Å². The van der Waals surface area contributed by atoms with E-state index >= 15 is 0 Å². The summed E-state index contributed by atoms with van der Waals surface area (Å²) in [4.78, 5) is 15.1. The summed E-state index contributed by atoms with van der Waals surface area (Å²) in [5.74, 6) is 1.96. The molecule has 1 amide bonds. The Kier molecular flexibility index (Phi) is 4.69. The van der Waals surface area contributed by atoms with Crippen LogP contribution in [0.15, 0.2) is 59.0 Å². The third kappa shape index (κ3) is 3.46. The number of carbonyl (C=O) groups excluding carboxylic acids is 1. The van der Waals surface area contributed by atoms with Gasteiger partial charge in [0.1, 0.15) is 23.9 Å². The number of hydrogen-bond acceptors (Lipinski definition) is 4. The number of aliphatic hydroxyl groups excluding tert-OH is 1. The SMILES string of the molecule is Cc1cc(C(=O)N2CCOc3ccc(CO)cc3C2)c(-c2ccccc2)o1. The van der Waals surface area contributed by atoms with E-state index in [2.05, 4.69) is 0 Å². The first-order valence-corrected chi connectivity index (χ1v) is 8.96. The number of benzene rings is 2. The Morgan fingerprint density at radius 3 is 2.74 bits per heavy atom. The van der Waals surface area contributed by atoms with Gasteiger partial charge in [-0.3, -0.25) is 4.79 Å². The molecule has 2 heterocycles. The molecule has 5 nitrogen and oxygen atoms in total. The summed E-state index contributed by atoms with van der Waals surface area (Å²) in [5.41, 5.74) is 3.13. The van der Waals surface area contributed by atoms with Gasteiger partial charge in [-0.15, -0.1) is 0 Å². The maximum atomic E-state index is 13.3. The largest absolute Gasteiger partial charge is 0.491 e. The highest BCUT2D eigenvalue weighted by Gasteiger charge is 2.26. The van der Waals surface area contributed by atoms with E-state index in [0.717, 1.165) is 22.4 Å². The molecule has 0 atom stereocenters. The first-order chi connectivity index (χ1) is 13.2. The highest BCUT2D eigenvalue weighted by Crippen LogP contribution is 2.30. The number of nitrogens with zero attached hydrogens (tertiary/aromatic N) is 1. The number of amides is 1. The number of aliphatic hydroxyl groups is 1. The van der Waals surface area contributed by atoms with Gasteiger partial charge >= 0.3 is 0 Å². The van der Waals surface area contributed by atoms with Gasteiger partial charge in [0.2, 0.25) is 0 Å². The minimum Gasteiger partial charge on any atom is -0.491 e. The predicted molar refractivity (Wildman–Crippen MR) is 101 cm³/mol. The molecule has 0 unspecified atom stereocenters. The predicted octanol–water partition coefficient (Wildman–Crippen LogP) is 3.78. The lowest BCUT2D eigenvalue weighted by molar-refractivity contribution is 0.0733. The first-order valence-electron chi connectivity index (χ1n) is 8.96. The fourth-order valence-electron chi connectivity index (χ4n) is 3.37. The third-order valence-electron chi connectivity index (χ3n) is 4.70. The van der Waals surface area contributed by atoms with Gasteiger partial charge in [0.25, 0.3) is 5.91 Å². The molecule has 0 radical (unpaired) electrons. The van der Waals surface area contributed by atoms with Crippen LogP contribution in [0.25, 0.3) is 11.3 Å². The number of furan rings is 1. The van der Waals surface area contributed by atoms with E-state index in [-0.39, 0.29) is 12.5 Å². The lowest BCUT2D eigenvalue weighted by atomic mass is 10.1. The van der Waals surface area contributed by atoms with Crippen LogP contribution in [0.4, 0.5) is 0 Å². The molecular formula is C22H21NO4. The van der Waals surface area contributed by atoms with Crippen molar-refractivity contribution < 1.29 is 19.1 Å². The molecule has 1 aromatic heterocycles. The highest BCUT2D eigenvalue weighted by atomic mass is 16.5. The molecular weight excluding hydrogens is 342 g/mol. The average molecular weight is 363 g/mol. The second-order valence-corrected chi connectivity index (χ2v) is 6.64. The lowest BCUT2D eigenvalue weighted by Crippen LogP contribution is -2.32. The van der Waals surface area contributed by atoms with Gasteiger partial charge in [-0.25, -0.2) is 0 Å². The molecule has 1 aliphatic rings. The summed E-state index contributed by atoms with van der Waals surface area (Å²) < 4.78 is 11.6. The summed E-state index contributed by atoms with van der Waals surface area (Å²) in [6.45, 7) is 3.15. The molecule has 0 bridgehead atoms. The Bertz CT molecular complexity index is 962. The molecule has 2 aromatic carbocycles. The smallest absolute Gasteiger partial charge is 0.258 e. The van der Waals surface area contributed by atoms with Crippen LogP contribution >= 0.6 is 0 Å². The van der Waals surface area contributed by atoms with Crippen LogP contribution in [0.2, 0.25) is 0 Å². The van der Waals surface area contributed by atoms with Crippen molar-refractivity contribution in [3.8, 4) is 17.1 Å². The molecule has 3 aromatic rings. The summed E-state index contributed by atoms with van der Waals surface area (Å²) in [5, 5.41) is 9.39. The van der Waals surface area contributed by atoms with E-state index in [1.54, 1.807) is 11.0 Å². The fourth-order valence-corrected chi connectivity index (χ4v) is 3.37. The number of hydrogen-bond donors (Lipinski definition) is 1. The van der Waals surface area contributed by atoms with E-state index in [4.69, 9.17) is 9.15 Å².